The summed E-state index contributed by atoms with van der Waals surface area (Å²) in [6, 6.07) is 0. The predicted molar refractivity (Wildman–Crippen MR) is 56.1 cm³/mol. The summed E-state index contributed by atoms with van der Waals surface area (Å²) < 4.78 is 4.97. The molecule has 3 N–H and O–H groups in total. The van der Waals surface area contributed by atoms with Gasteiger partial charge in [0.15, 0.2) is 0 Å². The van der Waals surface area contributed by atoms with Gasteiger partial charge in [-0.2, -0.15) is 0 Å². The smallest absolute Gasteiger partial charge is 0.407 e. The van der Waals surface area contributed by atoms with Gasteiger partial charge in [0, 0.05) is 12.4 Å². The SMILES string of the molecule is CC(C)(C)OC(=O)NCC(BO)C=N. The highest BCUT2D eigenvalue weighted by Crippen LogP contribution is 2.06. The van der Waals surface area contributed by atoms with Crippen molar-refractivity contribution in [3.8, 4) is 0 Å². The Labute approximate surface area is 84.6 Å². The zero-order chi connectivity index (χ0) is 11.2. The fraction of sp³-hybridized carbons (Fsp3) is 0.750. The first kappa shape index (κ1) is 13.0. The summed E-state index contributed by atoms with van der Waals surface area (Å²) in [6.07, 6.45) is 0.565. The highest BCUT2D eigenvalue weighted by Gasteiger charge is 2.16. The second-order valence-electron chi connectivity index (χ2n) is 3.99. The Morgan fingerprint density at radius 3 is 2.64 bits per heavy atom. The fourth-order valence-electron chi connectivity index (χ4n) is 0.705. The van der Waals surface area contributed by atoms with Crippen molar-refractivity contribution in [3.05, 3.63) is 0 Å². The molecule has 0 aliphatic rings. The van der Waals surface area contributed by atoms with Crippen molar-refractivity contribution in [2.45, 2.75) is 32.2 Å². The molecule has 0 fully saturated rings. The van der Waals surface area contributed by atoms with Crippen molar-refractivity contribution in [1.82, 2.24) is 5.32 Å². The molecule has 0 spiro atoms. The average molecular weight is 200 g/mol. The van der Waals surface area contributed by atoms with Crippen LogP contribution >= 0.6 is 0 Å². The maximum atomic E-state index is 11.1. The Bertz CT molecular complexity index is 203. The zero-order valence-corrected chi connectivity index (χ0v) is 8.83. The van der Waals surface area contributed by atoms with E-state index in [1.807, 2.05) is 0 Å². The van der Waals surface area contributed by atoms with Crippen LogP contribution in [0.3, 0.4) is 0 Å². The lowest BCUT2D eigenvalue weighted by atomic mass is 9.82. The first-order valence-corrected chi connectivity index (χ1v) is 4.47. The van der Waals surface area contributed by atoms with Crippen molar-refractivity contribution < 1.29 is 14.6 Å². The Kier molecular flexibility index (Phi) is 5.23. The standard InChI is InChI=1S/C8H17BN2O3/c1-8(2,3)14-7(12)11-5-6(4-10)9-13/h4,6,9-10,13H,5H2,1-3H3,(H,11,12). The van der Waals surface area contributed by atoms with Crippen LogP contribution in [0.15, 0.2) is 0 Å². The third kappa shape index (κ3) is 6.48. The molecule has 0 aromatic heterocycles. The lowest BCUT2D eigenvalue weighted by Gasteiger charge is -2.20. The zero-order valence-electron chi connectivity index (χ0n) is 8.83. The van der Waals surface area contributed by atoms with E-state index in [9.17, 15) is 4.79 Å². The van der Waals surface area contributed by atoms with Crippen molar-refractivity contribution in [3.63, 3.8) is 0 Å². The molecule has 0 bridgehead atoms. The molecule has 0 rings (SSSR count). The highest BCUT2D eigenvalue weighted by atomic mass is 16.6. The Balaban J connectivity index is 3.79. The summed E-state index contributed by atoms with van der Waals surface area (Å²) in [5.41, 5.74) is -0.524. The molecule has 0 aliphatic carbocycles. The quantitative estimate of drug-likeness (QED) is 0.450. The number of hydrogen-bond acceptors (Lipinski definition) is 4. The Morgan fingerprint density at radius 2 is 2.29 bits per heavy atom. The molecule has 1 amide bonds. The third-order valence-corrected chi connectivity index (χ3v) is 1.38. The van der Waals surface area contributed by atoms with E-state index in [-0.39, 0.29) is 19.8 Å². The number of hydrogen-bond donors (Lipinski definition) is 3. The number of nitrogens with one attached hydrogen (secondary N) is 2. The number of ether oxygens (including phenoxy) is 1. The number of carbonyl (C=O) groups is 1. The minimum atomic E-state index is -0.530. The monoisotopic (exact) mass is 200 g/mol. The van der Waals surface area contributed by atoms with Crippen molar-refractivity contribution >= 4 is 19.8 Å². The lowest BCUT2D eigenvalue weighted by Crippen LogP contribution is -2.35. The molecule has 80 valence electrons. The van der Waals surface area contributed by atoms with E-state index in [0.29, 0.717) is 0 Å². The average Bonchev–Trinajstić information content (AvgIpc) is 2.03. The largest absolute Gasteiger partial charge is 0.453 e. The van der Waals surface area contributed by atoms with Crippen molar-refractivity contribution in [1.29, 1.82) is 5.41 Å². The number of alkyl carbamates (subject to hydrolysis) is 1. The second-order valence-corrected chi connectivity index (χ2v) is 3.99. The second kappa shape index (κ2) is 5.64. The van der Waals surface area contributed by atoms with Crippen LogP contribution in [0.2, 0.25) is 5.82 Å². The van der Waals surface area contributed by atoms with Crippen LogP contribution in [0.5, 0.6) is 0 Å². The van der Waals surface area contributed by atoms with Crippen LogP contribution in [-0.4, -0.2) is 37.0 Å². The molecular weight excluding hydrogens is 183 g/mol. The van der Waals surface area contributed by atoms with Gasteiger partial charge in [0.25, 0.3) is 7.48 Å². The van der Waals surface area contributed by atoms with Gasteiger partial charge in [0.2, 0.25) is 0 Å². The van der Waals surface area contributed by atoms with Gasteiger partial charge >= 0.3 is 6.09 Å². The summed E-state index contributed by atoms with van der Waals surface area (Å²) >= 11 is 0. The molecule has 14 heavy (non-hydrogen) atoms. The predicted octanol–water partition coefficient (Wildman–Crippen LogP) is 0.293. The van der Waals surface area contributed by atoms with Gasteiger partial charge in [-0.25, -0.2) is 4.79 Å². The molecule has 1 atom stereocenters. The van der Waals surface area contributed by atoms with E-state index in [1.54, 1.807) is 20.8 Å². The normalized spacial score (nSPS) is 12.9. The van der Waals surface area contributed by atoms with E-state index in [2.05, 4.69) is 5.32 Å². The molecule has 1 unspecified atom stereocenters. The van der Waals surface area contributed by atoms with Gasteiger partial charge in [-0.05, 0) is 27.0 Å². The van der Waals surface area contributed by atoms with Crippen molar-refractivity contribution in [2.75, 3.05) is 6.54 Å². The Hall–Kier alpha value is -1.04. The first-order chi connectivity index (χ1) is 6.39. The first-order valence-electron chi connectivity index (χ1n) is 4.47. The van der Waals surface area contributed by atoms with E-state index < -0.39 is 11.7 Å². The molecule has 5 nitrogen and oxygen atoms in total. The summed E-state index contributed by atoms with van der Waals surface area (Å²) in [5.74, 6) is -0.345. The van der Waals surface area contributed by atoms with Gasteiger partial charge in [0.05, 0.1) is 0 Å². The third-order valence-electron chi connectivity index (χ3n) is 1.38. The summed E-state index contributed by atoms with van der Waals surface area (Å²) in [5, 5.41) is 18.1. The Morgan fingerprint density at radius 1 is 1.71 bits per heavy atom. The molecule has 0 heterocycles. The number of amides is 1. The fourth-order valence-corrected chi connectivity index (χ4v) is 0.705. The van der Waals surface area contributed by atoms with Crippen LogP contribution in [-0.2, 0) is 4.74 Å². The van der Waals surface area contributed by atoms with Crippen LogP contribution in [0.4, 0.5) is 4.79 Å². The number of rotatable bonds is 4. The van der Waals surface area contributed by atoms with Gasteiger partial charge in [-0.3, -0.25) is 0 Å². The van der Waals surface area contributed by atoms with Crippen LogP contribution < -0.4 is 5.32 Å². The van der Waals surface area contributed by atoms with Crippen LogP contribution in [0.25, 0.3) is 0 Å². The molecule has 0 aliphatic heterocycles. The molecular formula is C8H17BN2O3. The van der Waals surface area contributed by atoms with E-state index >= 15 is 0 Å². The van der Waals surface area contributed by atoms with Crippen molar-refractivity contribution in [2.24, 2.45) is 0 Å². The summed E-state index contributed by atoms with van der Waals surface area (Å²) in [4.78, 5) is 11.1. The molecule has 0 saturated heterocycles. The van der Waals surface area contributed by atoms with E-state index in [4.69, 9.17) is 15.2 Å². The summed E-state index contributed by atoms with van der Waals surface area (Å²) in [7, 11) is -0.153. The van der Waals surface area contributed by atoms with Gasteiger partial charge in [-0.15, -0.1) is 0 Å². The minimum absolute atomic E-state index is 0.153. The molecule has 0 aromatic rings. The maximum Gasteiger partial charge on any atom is 0.407 e. The van der Waals surface area contributed by atoms with Crippen LogP contribution in [0.1, 0.15) is 20.8 Å². The van der Waals surface area contributed by atoms with E-state index in [1.165, 1.54) is 0 Å². The van der Waals surface area contributed by atoms with Crippen LogP contribution in [0, 0.1) is 5.41 Å². The maximum absolute atomic E-state index is 11.1. The van der Waals surface area contributed by atoms with Gasteiger partial charge in [-0.1, -0.05) is 0 Å². The topological polar surface area (TPSA) is 82.4 Å². The van der Waals surface area contributed by atoms with E-state index in [0.717, 1.165) is 6.21 Å². The summed E-state index contributed by atoms with van der Waals surface area (Å²) in [6.45, 7) is 5.53. The minimum Gasteiger partial charge on any atom is -0.453 e. The molecule has 0 radical (unpaired) electrons. The lowest BCUT2D eigenvalue weighted by molar-refractivity contribution is 0.0529. The molecule has 6 heteroatoms. The van der Waals surface area contributed by atoms with Gasteiger partial charge in [0.1, 0.15) is 5.60 Å². The highest BCUT2D eigenvalue weighted by molar-refractivity contribution is 6.33. The molecule has 0 aromatic carbocycles. The van der Waals surface area contributed by atoms with Gasteiger partial charge < -0.3 is 20.5 Å². The number of carbonyl (C=O) groups excluding carboxylic acids is 1. The molecule has 0 saturated carbocycles.